The van der Waals surface area contributed by atoms with Crippen molar-refractivity contribution in [1.82, 2.24) is 4.98 Å². The molecule has 1 aliphatic carbocycles. The van der Waals surface area contributed by atoms with Gasteiger partial charge in [0.15, 0.2) is 0 Å². The number of aromatic carboxylic acids is 1. The summed E-state index contributed by atoms with van der Waals surface area (Å²) in [5, 5.41) is 13.2. The molecule has 2 unspecified atom stereocenters. The molecule has 110 valence electrons. The van der Waals surface area contributed by atoms with Gasteiger partial charge < -0.3 is 15.2 Å². The number of hydrogen-bond donors (Lipinski definition) is 2. The van der Waals surface area contributed by atoms with Crippen molar-refractivity contribution < 1.29 is 14.6 Å². The van der Waals surface area contributed by atoms with E-state index in [0.717, 1.165) is 25.1 Å². The van der Waals surface area contributed by atoms with Crippen LogP contribution in [0.1, 0.15) is 29.6 Å². The first-order chi connectivity index (χ1) is 10.2. The van der Waals surface area contributed by atoms with E-state index in [1.54, 1.807) is 19.2 Å². The molecular formula is C16H18N2O3. The maximum atomic E-state index is 11.2. The Balaban J connectivity index is 1.89. The van der Waals surface area contributed by atoms with E-state index in [0.29, 0.717) is 10.9 Å². The molecule has 0 aliphatic heterocycles. The number of methoxy groups -OCH3 is 1. The molecule has 0 amide bonds. The van der Waals surface area contributed by atoms with Crippen molar-refractivity contribution in [3.05, 3.63) is 35.9 Å². The van der Waals surface area contributed by atoms with E-state index in [2.05, 4.69) is 10.3 Å². The van der Waals surface area contributed by atoms with E-state index < -0.39 is 5.97 Å². The van der Waals surface area contributed by atoms with Crippen molar-refractivity contribution in [1.29, 1.82) is 0 Å². The first kappa shape index (κ1) is 13.8. The molecule has 5 heteroatoms. The predicted molar refractivity (Wildman–Crippen MR) is 80.8 cm³/mol. The number of carboxylic acid groups (broad SMARTS) is 1. The van der Waals surface area contributed by atoms with Crippen LogP contribution in [-0.2, 0) is 4.74 Å². The van der Waals surface area contributed by atoms with E-state index >= 15 is 0 Å². The second kappa shape index (κ2) is 5.69. The number of nitrogens with one attached hydrogen (secondary N) is 1. The Morgan fingerprint density at radius 2 is 2.19 bits per heavy atom. The molecule has 5 nitrogen and oxygen atoms in total. The molecular weight excluding hydrogens is 268 g/mol. The van der Waals surface area contributed by atoms with Gasteiger partial charge in [0, 0.05) is 12.5 Å². The number of ether oxygens (including phenoxy) is 1. The van der Waals surface area contributed by atoms with Crippen molar-refractivity contribution >= 4 is 22.7 Å². The largest absolute Gasteiger partial charge is 0.478 e. The Morgan fingerprint density at radius 3 is 2.95 bits per heavy atom. The van der Waals surface area contributed by atoms with Gasteiger partial charge in [-0.05, 0) is 43.5 Å². The summed E-state index contributed by atoms with van der Waals surface area (Å²) in [6.07, 6.45) is 3.48. The molecule has 0 spiro atoms. The van der Waals surface area contributed by atoms with E-state index in [-0.39, 0.29) is 17.7 Å². The summed E-state index contributed by atoms with van der Waals surface area (Å²) < 4.78 is 5.47. The van der Waals surface area contributed by atoms with Crippen molar-refractivity contribution in [2.45, 2.75) is 31.4 Å². The molecule has 1 aliphatic rings. The Bertz CT molecular complexity index is 672. The molecule has 0 bridgehead atoms. The fraction of sp³-hybridized carbons (Fsp3) is 0.375. The second-order valence-corrected chi connectivity index (χ2v) is 5.33. The molecule has 1 heterocycles. The number of aromatic nitrogens is 1. The van der Waals surface area contributed by atoms with Crippen molar-refractivity contribution in [2.75, 3.05) is 12.4 Å². The molecule has 1 aromatic heterocycles. The molecule has 1 saturated carbocycles. The quantitative estimate of drug-likeness (QED) is 0.904. The van der Waals surface area contributed by atoms with Crippen LogP contribution in [0.5, 0.6) is 0 Å². The SMILES string of the molecule is COC1CCCC1Nc1ccc2c(C(=O)O)cccc2n1. The number of pyridine rings is 1. The third-order valence-electron chi connectivity index (χ3n) is 4.05. The Labute approximate surface area is 123 Å². The highest BCUT2D eigenvalue weighted by molar-refractivity contribution is 6.02. The third-order valence-corrected chi connectivity index (χ3v) is 4.05. The van der Waals surface area contributed by atoms with Gasteiger partial charge in [-0.15, -0.1) is 0 Å². The highest BCUT2D eigenvalue weighted by Crippen LogP contribution is 2.26. The number of rotatable bonds is 4. The highest BCUT2D eigenvalue weighted by atomic mass is 16.5. The second-order valence-electron chi connectivity index (χ2n) is 5.33. The molecule has 2 atom stereocenters. The number of fused-ring (bicyclic) bond motifs is 1. The average Bonchev–Trinajstić information content (AvgIpc) is 2.93. The predicted octanol–water partition coefficient (Wildman–Crippen LogP) is 2.91. The normalized spacial score (nSPS) is 21.6. The molecule has 1 aromatic carbocycles. The lowest BCUT2D eigenvalue weighted by Crippen LogP contribution is -2.30. The summed E-state index contributed by atoms with van der Waals surface area (Å²) in [6.45, 7) is 0. The minimum Gasteiger partial charge on any atom is -0.478 e. The van der Waals surface area contributed by atoms with Gasteiger partial charge in [-0.25, -0.2) is 9.78 Å². The zero-order chi connectivity index (χ0) is 14.8. The maximum Gasteiger partial charge on any atom is 0.336 e. The van der Waals surface area contributed by atoms with Crippen molar-refractivity contribution in [3.63, 3.8) is 0 Å². The summed E-state index contributed by atoms with van der Waals surface area (Å²) in [5.41, 5.74) is 0.967. The minimum atomic E-state index is -0.932. The number of hydrogen-bond acceptors (Lipinski definition) is 4. The van der Waals surface area contributed by atoms with Crippen LogP contribution in [0.2, 0.25) is 0 Å². The first-order valence-corrected chi connectivity index (χ1v) is 7.11. The average molecular weight is 286 g/mol. The van der Waals surface area contributed by atoms with E-state index in [1.165, 1.54) is 0 Å². The van der Waals surface area contributed by atoms with Crippen LogP contribution in [0.4, 0.5) is 5.82 Å². The zero-order valence-corrected chi connectivity index (χ0v) is 11.9. The van der Waals surface area contributed by atoms with Gasteiger partial charge in [-0.1, -0.05) is 6.07 Å². The Morgan fingerprint density at radius 1 is 1.33 bits per heavy atom. The van der Waals surface area contributed by atoms with Crippen LogP contribution in [0.25, 0.3) is 10.9 Å². The highest BCUT2D eigenvalue weighted by Gasteiger charge is 2.27. The monoisotopic (exact) mass is 286 g/mol. The summed E-state index contributed by atoms with van der Waals surface area (Å²) >= 11 is 0. The lowest BCUT2D eigenvalue weighted by Gasteiger charge is -2.20. The van der Waals surface area contributed by atoms with Crippen LogP contribution < -0.4 is 5.32 Å². The van der Waals surface area contributed by atoms with E-state index in [9.17, 15) is 9.90 Å². The molecule has 0 saturated heterocycles. The summed E-state index contributed by atoms with van der Waals surface area (Å²) in [6, 6.07) is 9.05. The molecule has 1 fully saturated rings. The number of carboxylic acids is 1. The van der Waals surface area contributed by atoms with Gasteiger partial charge in [0.05, 0.1) is 23.2 Å². The maximum absolute atomic E-state index is 11.2. The van der Waals surface area contributed by atoms with Crippen LogP contribution >= 0.6 is 0 Å². The fourth-order valence-electron chi connectivity index (χ4n) is 2.99. The van der Waals surface area contributed by atoms with Crippen LogP contribution in [-0.4, -0.2) is 35.3 Å². The lowest BCUT2D eigenvalue weighted by molar-refractivity contribution is 0.0699. The molecule has 2 N–H and O–H groups in total. The van der Waals surface area contributed by atoms with Gasteiger partial charge >= 0.3 is 5.97 Å². The van der Waals surface area contributed by atoms with Gasteiger partial charge in [-0.2, -0.15) is 0 Å². The Kier molecular flexibility index (Phi) is 3.75. The summed E-state index contributed by atoms with van der Waals surface area (Å²) in [4.78, 5) is 15.7. The standard InChI is InChI=1S/C16H18N2O3/c1-21-14-7-3-6-13(14)18-15-9-8-10-11(16(19)20)4-2-5-12(10)17-15/h2,4-5,8-9,13-14H,3,6-7H2,1H3,(H,17,18)(H,19,20). The fourth-order valence-corrected chi connectivity index (χ4v) is 2.99. The third kappa shape index (κ3) is 2.69. The van der Waals surface area contributed by atoms with Crippen LogP contribution in [0.3, 0.4) is 0 Å². The molecule has 2 aromatic rings. The number of carbonyl (C=O) groups is 1. The van der Waals surface area contributed by atoms with Crippen molar-refractivity contribution in [2.24, 2.45) is 0 Å². The molecule has 3 rings (SSSR count). The van der Waals surface area contributed by atoms with Crippen molar-refractivity contribution in [3.8, 4) is 0 Å². The van der Waals surface area contributed by atoms with E-state index in [4.69, 9.17) is 4.74 Å². The summed E-state index contributed by atoms with van der Waals surface area (Å²) in [7, 11) is 1.73. The van der Waals surface area contributed by atoms with Gasteiger partial charge in [0.1, 0.15) is 5.82 Å². The topological polar surface area (TPSA) is 71.5 Å². The van der Waals surface area contributed by atoms with E-state index in [1.807, 2.05) is 18.2 Å². The van der Waals surface area contributed by atoms with Gasteiger partial charge in [-0.3, -0.25) is 0 Å². The first-order valence-electron chi connectivity index (χ1n) is 7.11. The number of anilines is 1. The number of nitrogens with zero attached hydrogens (tertiary/aromatic N) is 1. The molecule has 0 radical (unpaired) electrons. The van der Waals surface area contributed by atoms with Crippen LogP contribution in [0.15, 0.2) is 30.3 Å². The van der Waals surface area contributed by atoms with Crippen LogP contribution in [0, 0.1) is 0 Å². The summed E-state index contributed by atoms with van der Waals surface area (Å²) in [5.74, 6) is -0.169. The van der Waals surface area contributed by atoms with Gasteiger partial charge in [0.25, 0.3) is 0 Å². The van der Waals surface area contributed by atoms with Gasteiger partial charge in [0.2, 0.25) is 0 Å². The molecule has 21 heavy (non-hydrogen) atoms. The number of benzene rings is 1. The Hall–Kier alpha value is -2.14. The lowest BCUT2D eigenvalue weighted by atomic mass is 10.1. The zero-order valence-electron chi connectivity index (χ0n) is 11.9. The smallest absolute Gasteiger partial charge is 0.336 e. The minimum absolute atomic E-state index is 0.216.